The lowest BCUT2D eigenvalue weighted by Gasteiger charge is -2.22. The van der Waals surface area contributed by atoms with Crippen LogP contribution in [-0.4, -0.2) is 53.9 Å². The Balaban J connectivity index is 1.78. The SMILES string of the molecule is Cc1ccc(-c2cc(C(=O)N3CCCN(C)CC3)c3ccccc3n2)cc1. The summed E-state index contributed by atoms with van der Waals surface area (Å²) in [5.41, 5.74) is 4.72. The van der Waals surface area contributed by atoms with Crippen LogP contribution in [0.15, 0.2) is 54.6 Å². The van der Waals surface area contributed by atoms with Gasteiger partial charge in [-0.05, 0) is 39.1 Å². The van der Waals surface area contributed by atoms with Crippen molar-refractivity contribution in [3.05, 3.63) is 65.7 Å². The fourth-order valence-electron chi connectivity index (χ4n) is 3.64. The average Bonchev–Trinajstić information content (AvgIpc) is 2.91. The largest absolute Gasteiger partial charge is 0.337 e. The monoisotopic (exact) mass is 359 g/mol. The number of pyridine rings is 1. The predicted molar refractivity (Wildman–Crippen MR) is 110 cm³/mol. The predicted octanol–water partition coefficient (Wildman–Crippen LogP) is 3.99. The van der Waals surface area contributed by atoms with Crippen molar-refractivity contribution in [1.29, 1.82) is 0 Å². The van der Waals surface area contributed by atoms with Crippen molar-refractivity contribution in [1.82, 2.24) is 14.8 Å². The zero-order valence-corrected chi connectivity index (χ0v) is 16.0. The quantitative estimate of drug-likeness (QED) is 0.694. The third-order valence-electron chi connectivity index (χ3n) is 5.30. The molecule has 0 unspecified atom stereocenters. The van der Waals surface area contributed by atoms with E-state index < -0.39 is 0 Å². The number of benzene rings is 2. The summed E-state index contributed by atoms with van der Waals surface area (Å²) in [6.45, 7) is 5.60. The van der Waals surface area contributed by atoms with Crippen molar-refractivity contribution >= 4 is 16.8 Å². The molecule has 0 N–H and O–H groups in total. The Kier molecular flexibility index (Phi) is 4.90. The maximum absolute atomic E-state index is 13.4. The maximum Gasteiger partial charge on any atom is 0.254 e. The molecule has 0 radical (unpaired) electrons. The van der Waals surface area contributed by atoms with Gasteiger partial charge in [0.05, 0.1) is 16.8 Å². The van der Waals surface area contributed by atoms with Gasteiger partial charge >= 0.3 is 0 Å². The number of rotatable bonds is 2. The molecule has 1 aliphatic heterocycles. The van der Waals surface area contributed by atoms with E-state index in [0.717, 1.165) is 60.3 Å². The van der Waals surface area contributed by atoms with Crippen molar-refractivity contribution in [2.24, 2.45) is 0 Å². The highest BCUT2D eigenvalue weighted by atomic mass is 16.2. The van der Waals surface area contributed by atoms with Gasteiger partial charge in [-0.3, -0.25) is 4.79 Å². The number of hydrogen-bond acceptors (Lipinski definition) is 3. The van der Waals surface area contributed by atoms with E-state index in [1.54, 1.807) is 0 Å². The minimum atomic E-state index is 0.109. The van der Waals surface area contributed by atoms with E-state index in [1.807, 2.05) is 35.2 Å². The lowest BCUT2D eigenvalue weighted by atomic mass is 10.0. The summed E-state index contributed by atoms with van der Waals surface area (Å²) in [7, 11) is 2.12. The first-order valence-corrected chi connectivity index (χ1v) is 9.56. The van der Waals surface area contributed by atoms with Crippen molar-refractivity contribution < 1.29 is 4.79 Å². The molecule has 4 heteroatoms. The van der Waals surface area contributed by atoms with Gasteiger partial charge in [0.2, 0.25) is 0 Å². The summed E-state index contributed by atoms with van der Waals surface area (Å²) in [4.78, 5) is 22.5. The van der Waals surface area contributed by atoms with Crippen LogP contribution in [0.25, 0.3) is 22.2 Å². The highest BCUT2D eigenvalue weighted by Crippen LogP contribution is 2.26. The fourth-order valence-corrected chi connectivity index (χ4v) is 3.64. The van der Waals surface area contributed by atoms with Crippen LogP contribution in [0.5, 0.6) is 0 Å². The van der Waals surface area contributed by atoms with Gasteiger partial charge in [-0.15, -0.1) is 0 Å². The molecule has 3 aromatic rings. The number of amides is 1. The molecular weight excluding hydrogens is 334 g/mol. The van der Waals surface area contributed by atoms with Crippen LogP contribution >= 0.6 is 0 Å². The Bertz CT molecular complexity index is 965. The highest BCUT2D eigenvalue weighted by molar-refractivity contribution is 6.07. The molecule has 0 saturated carbocycles. The first-order valence-electron chi connectivity index (χ1n) is 9.56. The van der Waals surface area contributed by atoms with Gasteiger partial charge in [0.25, 0.3) is 5.91 Å². The number of nitrogens with zero attached hydrogens (tertiary/aromatic N) is 3. The zero-order chi connectivity index (χ0) is 18.8. The summed E-state index contributed by atoms with van der Waals surface area (Å²) in [5.74, 6) is 0.109. The average molecular weight is 359 g/mol. The van der Waals surface area contributed by atoms with Crippen LogP contribution in [0.1, 0.15) is 22.3 Å². The standard InChI is InChI=1S/C23H25N3O/c1-17-8-10-18(11-9-17)22-16-20(19-6-3-4-7-21(19)24-22)23(27)26-13-5-12-25(2)14-15-26/h3-4,6-11,16H,5,12-15H2,1-2H3. The van der Waals surface area contributed by atoms with E-state index in [-0.39, 0.29) is 5.91 Å². The smallest absolute Gasteiger partial charge is 0.254 e. The van der Waals surface area contributed by atoms with Crippen LogP contribution in [-0.2, 0) is 0 Å². The summed E-state index contributed by atoms with van der Waals surface area (Å²) in [6, 6.07) is 18.2. The number of aryl methyl sites for hydroxylation is 1. The normalized spacial score (nSPS) is 15.7. The zero-order valence-electron chi connectivity index (χ0n) is 16.0. The molecule has 138 valence electrons. The van der Waals surface area contributed by atoms with E-state index in [9.17, 15) is 4.79 Å². The van der Waals surface area contributed by atoms with Gasteiger partial charge in [0.15, 0.2) is 0 Å². The van der Waals surface area contributed by atoms with E-state index in [0.29, 0.717) is 0 Å². The first kappa shape index (κ1) is 17.7. The Labute approximate surface area is 160 Å². The van der Waals surface area contributed by atoms with Gasteiger partial charge in [-0.2, -0.15) is 0 Å². The topological polar surface area (TPSA) is 36.4 Å². The number of likely N-dealkylation sites (N-methyl/N-ethyl adjacent to an activating group) is 1. The molecule has 0 spiro atoms. The Morgan fingerprint density at radius 1 is 0.963 bits per heavy atom. The van der Waals surface area contributed by atoms with Crippen LogP contribution in [0.3, 0.4) is 0 Å². The molecule has 2 heterocycles. The molecule has 0 atom stereocenters. The minimum absolute atomic E-state index is 0.109. The van der Waals surface area contributed by atoms with Gasteiger partial charge < -0.3 is 9.80 Å². The molecule has 27 heavy (non-hydrogen) atoms. The molecule has 1 fully saturated rings. The van der Waals surface area contributed by atoms with E-state index in [2.05, 4.69) is 43.1 Å². The molecular formula is C23H25N3O. The van der Waals surface area contributed by atoms with Gasteiger partial charge in [0.1, 0.15) is 0 Å². The van der Waals surface area contributed by atoms with Crippen molar-refractivity contribution in [3.63, 3.8) is 0 Å². The fraction of sp³-hybridized carbons (Fsp3) is 0.304. The minimum Gasteiger partial charge on any atom is -0.337 e. The molecule has 0 aliphatic carbocycles. The Hall–Kier alpha value is -2.72. The van der Waals surface area contributed by atoms with Crippen molar-refractivity contribution in [2.45, 2.75) is 13.3 Å². The Morgan fingerprint density at radius 2 is 1.74 bits per heavy atom. The summed E-state index contributed by atoms with van der Waals surface area (Å²) in [6.07, 6.45) is 1.01. The third kappa shape index (κ3) is 3.71. The van der Waals surface area contributed by atoms with Crippen molar-refractivity contribution in [3.8, 4) is 11.3 Å². The first-order chi connectivity index (χ1) is 13.1. The molecule has 4 nitrogen and oxygen atoms in total. The molecule has 1 aliphatic rings. The maximum atomic E-state index is 13.4. The summed E-state index contributed by atoms with van der Waals surface area (Å²) in [5, 5.41) is 0.927. The highest BCUT2D eigenvalue weighted by Gasteiger charge is 2.22. The number of carbonyl (C=O) groups is 1. The van der Waals surface area contributed by atoms with Gasteiger partial charge in [0, 0.05) is 30.6 Å². The number of fused-ring (bicyclic) bond motifs is 1. The second-order valence-electron chi connectivity index (χ2n) is 7.39. The van der Waals surface area contributed by atoms with Gasteiger partial charge in [-0.1, -0.05) is 48.0 Å². The molecule has 0 bridgehead atoms. The molecule has 4 rings (SSSR count). The van der Waals surface area contributed by atoms with Crippen LogP contribution in [0.2, 0.25) is 0 Å². The Morgan fingerprint density at radius 3 is 2.56 bits per heavy atom. The molecule has 1 amide bonds. The summed E-state index contributed by atoms with van der Waals surface area (Å²) < 4.78 is 0. The second kappa shape index (κ2) is 7.49. The summed E-state index contributed by atoms with van der Waals surface area (Å²) >= 11 is 0. The number of carbonyl (C=O) groups excluding carboxylic acids is 1. The lowest BCUT2D eigenvalue weighted by Crippen LogP contribution is -2.34. The van der Waals surface area contributed by atoms with Gasteiger partial charge in [-0.25, -0.2) is 4.98 Å². The number of hydrogen-bond donors (Lipinski definition) is 0. The van der Waals surface area contributed by atoms with E-state index >= 15 is 0 Å². The van der Waals surface area contributed by atoms with Crippen LogP contribution in [0.4, 0.5) is 0 Å². The number of para-hydroxylation sites is 1. The number of aromatic nitrogens is 1. The van der Waals surface area contributed by atoms with E-state index in [4.69, 9.17) is 4.98 Å². The lowest BCUT2D eigenvalue weighted by molar-refractivity contribution is 0.0765. The molecule has 1 saturated heterocycles. The molecule has 2 aromatic carbocycles. The van der Waals surface area contributed by atoms with Crippen LogP contribution < -0.4 is 0 Å². The van der Waals surface area contributed by atoms with Crippen molar-refractivity contribution in [2.75, 3.05) is 33.2 Å². The van der Waals surface area contributed by atoms with E-state index in [1.165, 1.54) is 5.56 Å². The second-order valence-corrected chi connectivity index (χ2v) is 7.39. The van der Waals surface area contributed by atoms with Crippen LogP contribution in [0, 0.1) is 6.92 Å². The third-order valence-corrected chi connectivity index (χ3v) is 5.30. The molecule has 1 aromatic heterocycles.